The number of nitro benzene ring substituents is 1. The number of carboxylic acids is 1. The Kier molecular flexibility index (Phi) is 4.06. The lowest BCUT2D eigenvalue weighted by Gasteiger charge is -2.40. The first-order chi connectivity index (χ1) is 9.92. The summed E-state index contributed by atoms with van der Waals surface area (Å²) in [4.78, 5) is 34.5. The van der Waals surface area contributed by atoms with E-state index in [0.29, 0.717) is 24.3 Å². The third-order valence-corrected chi connectivity index (χ3v) is 3.42. The van der Waals surface area contributed by atoms with Crippen molar-refractivity contribution in [3.05, 3.63) is 33.9 Å². The Balaban J connectivity index is 2.22. The summed E-state index contributed by atoms with van der Waals surface area (Å²) in [5.74, 6) is -1.23. The summed E-state index contributed by atoms with van der Waals surface area (Å²) >= 11 is 0. The molecule has 1 aliphatic rings. The standard InChI is InChI=1S/C13H15N3O5/c1-14-13(19)9-2-3-10(16(20)21)11(5-9)15-6-8(7-15)4-12(17)18/h2-3,5,8H,4,6-7H2,1H3,(H,14,19)(H,17,18). The molecule has 1 heterocycles. The summed E-state index contributed by atoms with van der Waals surface area (Å²) in [6.07, 6.45) is 0.0411. The van der Waals surface area contributed by atoms with Gasteiger partial charge in [-0.05, 0) is 12.1 Å². The monoisotopic (exact) mass is 293 g/mol. The molecule has 8 nitrogen and oxygen atoms in total. The van der Waals surface area contributed by atoms with Crippen molar-refractivity contribution in [1.82, 2.24) is 5.32 Å². The van der Waals surface area contributed by atoms with Crippen molar-refractivity contribution in [1.29, 1.82) is 0 Å². The van der Waals surface area contributed by atoms with E-state index in [1.54, 1.807) is 4.90 Å². The predicted molar refractivity (Wildman–Crippen MR) is 74.4 cm³/mol. The van der Waals surface area contributed by atoms with Gasteiger partial charge in [0.25, 0.3) is 11.6 Å². The highest BCUT2D eigenvalue weighted by atomic mass is 16.6. The van der Waals surface area contributed by atoms with Crippen molar-refractivity contribution >= 4 is 23.3 Å². The van der Waals surface area contributed by atoms with Crippen LogP contribution in [0.4, 0.5) is 11.4 Å². The fourth-order valence-electron chi connectivity index (χ4n) is 2.36. The summed E-state index contributed by atoms with van der Waals surface area (Å²) in [7, 11) is 1.48. The molecule has 0 radical (unpaired) electrons. The maximum atomic E-state index is 11.6. The van der Waals surface area contributed by atoms with Gasteiger partial charge in [0.1, 0.15) is 5.69 Å². The Morgan fingerprint density at radius 3 is 2.67 bits per heavy atom. The number of amides is 1. The van der Waals surface area contributed by atoms with Gasteiger partial charge in [-0.1, -0.05) is 0 Å². The molecular weight excluding hydrogens is 278 g/mol. The maximum absolute atomic E-state index is 11.6. The lowest BCUT2D eigenvalue weighted by atomic mass is 9.95. The molecule has 1 aromatic carbocycles. The van der Waals surface area contributed by atoms with Crippen LogP contribution in [0, 0.1) is 16.0 Å². The lowest BCUT2D eigenvalue weighted by Crippen LogP contribution is -2.47. The van der Waals surface area contributed by atoms with Gasteiger partial charge in [-0.2, -0.15) is 0 Å². The maximum Gasteiger partial charge on any atom is 0.303 e. The van der Waals surface area contributed by atoms with E-state index in [4.69, 9.17) is 5.11 Å². The number of carbonyl (C=O) groups is 2. The highest BCUT2D eigenvalue weighted by Gasteiger charge is 2.33. The molecule has 21 heavy (non-hydrogen) atoms. The predicted octanol–water partition coefficient (Wildman–Crippen LogP) is 0.865. The number of benzene rings is 1. The summed E-state index contributed by atoms with van der Waals surface area (Å²) in [6, 6.07) is 4.16. The fraction of sp³-hybridized carbons (Fsp3) is 0.385. The molecule has 1 saturated heterocycles. The average molecular weight is 293 g/mol. The minimum absolute atomic E-state index is 0.0224. The van der Waals surface area contributed by atoms with E-state index in [2.05, 4.69) is 5.32 Å². The van der Waals surface area contributed by atoms with E-state index < -0.39 is 10.9 Å². The number of nitro groups is 1. The summed E-state index contributed by atoms with van der Waals surface area (Å²) in [5, 5.41) is 22.2. The van der Waals surface area contributed by atoms with Crippen molar-refractivity contribution in [2.24, 2.45) is 5.92 Å². The Morgan fingerprint density at radius 2 is 2.14 bits per heavy atom. The minimum Gasteiger partial charge on any atom is -0.481 e. The molecule has 1 aliphatic heterocycles. The molecule has 0 atom stereocenters. The van der Waals surface area contributed by atoms with Crippen LogP contribution in [0.25, 0.3) is 0 Å². The largest absolute Gasteiger partial charge is 0.481 e. The fourth-order valence-corrected chi connectivity index (χ4v) is 2.36. The Morgan fingerprint density at radius 1 is 1.48 bits per heavy atom. The Bertz CT molecular complexity index is 595. The van der Waals surface area contributed by atoms with E-state index in [1.165, 1.54) is 25.2 Å². The van der Waals surface area contributed by atoms with Crippen LogP contribution >= 0.6 is 0 Å². The zero-order chi connectivity index (χ0) is 15.6. The van der Waals surface area contributed by atoms with E-state index in [9.17, 15) is 19.7 Å². The molecule has 1 aromatic rings. The first kappa shape index (κ1) is 14.8. The highest BCUT2D eigenvalue weighted by Crippen LogP contribution is 2.34. The second-order valence-corrected chi connectivity index (χ2v) is 4.91. The number of hydrogen-bond acceptors (Lipinski definition) is 5. The van der Waals surface area contributed by atoms with Gasteiger partial charge < -0.3 is 15.3 Å². The van der Waals surface area contributed by atoms with Crippen LogP contribution in [-0.4, -0.2) is 42.0 Å². The third kappa shape index (κ3) is 3.10. The molecule has 0 unspecified atom stereocenters. The number of rotatable bonds is 5. The number of hydrogen-bond donors (Lipinski definition) is 2. The second-order valence-electron chi connectivity index (χ2n) is 4.91. The summed E-state index contributed by atoms with van der Waals surface area (Å²) in [5.41, 5.74) is 0.596. The van der Waals surface area contributed by atoms with Crippen LogP contribution in [0.5, 0.6) is 0 Å². The molecule has 1 fully saturated rings. The van der Waals surface area contributed by atoms with E-state index >= 15 is 0 Å². The molecule has 8 heteroatoms. The smallest absolute Gasteiger partial charge is 0.303 e. The first-order valence-corrected chi connectivity index (χ1v) is 6.39. The number of carboxylic acid groups (broad SMARTS) is 1. The number of aliphatic carboxylic acids is 1. The molecule has 1 amide bonds. The topological polar surface area (TPSA) is 113 Å². The molecule has 2 N–H and O–H groups in total. The SMILES string of the molecule is CNC(=O)c1ccc([N+](=O)[O-])c(N2CC(CC(=O)O)C2)c1. The van der Waals surface area contributed by atoms with Crippen molar-refractivity contribution in [2.45, 2.75) is 6.42 Å². The van der Waals surface area contributed by atoms with Crippen molar-refractivity contribution < 1.29 is 19.6 Å². The highest BCUT2D eigenvalue weighted by molar-refractivity contribution is 5.95. The summed E-state index contributed by atoms with van der Waals surface area (Å²) < 4.78 is 0. The van der Waals surface area contributed by atoms with Crippen molar-refractivity contribution in [3.63, 3.8) is 0 Å². The van der Waals surface area contributed by atoms with Gasteiger partial charge in [0.05, 0.1) is 11.3 Å². The second kappa shape index (κ2) is 5.78. The van der Waals surface area contributed by atoms with Gasteiger partial charge >= 0.3 is 5.97 Å². The van der Waals surface area contributed by atoms with Gasteiger partial charge in [0, 0.05) is 37.7 Å². The van der Waals surface area contributed by atoms with Crippen LogP contribution < -0.4 is 10.2 Å². The number of anilines is 1. The van der Waals surface area contributed by atoms with Gasteiger partial charge in [0.2, 0.25) is 0 Å². The number of carbonyl (C=O) groups excluding carboxylic acids is 1. The van der Waals surface area contributed by atoms with Crippen LogP contribution in [0.1, 0.15) is 16.8 Å². The van der Waals surface area contributed by atoms with Crippen LogP contribution in [-0.2, 0) is 4.79 Å². The number of nitrogens with one attached hydrogen (secondary N) is 1. The van der Waals surface area contributed by atoms with Crippen LogP contribution in [0.2, 0.25) is 0 Å². The molecule has 0 aliphatic carbocycles. The van der Waals surface area contributed by atoms with Gasteiger partial charge in [-0.25, -0.2) is 0 Å². The molecule has 112 valence electrons. The zero-order valence-corrected chi connectivity index (χ0v) is 11.4. The van der Waals surface area contributed by atoms with Gasteiger partial charge in [-0.3, -0.25) is 19.7 Å². The minimum atomic E-state index is -0.881. The molecule has 0 bridgehead atoms. The third-order valence-electron chi connectivity index (χ3n) is 3.42. The first-order valence-electron chi connectivity index (χ1n) is 6.39. The average Bonchev–Trinajstić information content (AvgIpc) is 2.40. The van der Waals surface area contributed by atoms with E-state index in [-0.39, 0.29) is 23.9 Å². The normalized spacial score (nSPS) is 14.4. The van der Waals surface area contributed by atoms with Gasteiger partial charge in [-0.15, -0.1) is 0 Å². The van der Waals surface area contributed by atoms with Crippen molar-refractivity contribution in [2.75, 3.05) is 25.0 Å². The molecule has 0 saturated carbocycles. The van der Waals surface area contributed by atoms with Crippen molar-refractivity contribution in [3.8, 4) is 0 Å². The molecule has 2 rings (SSSR count). The molecule has 0 spiro atoms. The van der Waals surface area contributed by atoms with Crippen LogP contribution in [0.3, 0.4) is 0 Å². The van der Waals surface area contributed by atoms with E-state index in [1.807, 2.05) is 0 Å². The Hall–Kier alpha value is -2.64. The van der Waals surface area contributed by atoms with Gasteiger partial charge in [0.15, 0.2) is 0 Å². The molecular formula is C13H15N3O5. The van der Waals surface area contributed by atoms with Crippen LogP contribution in [0.15, 0.2) is 18.2 Å². The number of nitrogens with zero attached hydrogens (tertiary/aromatic N) is 2. The zero-order valence-electron chi connectivity index (χ0n) is 11.4. The quantitative estimate of drug-likeness (QED) is 0.615. The Labute approximate surface area is 120 Å². The summed E-state index contributed by atoms with van der Waals surface area (Å²) in [6.45, 7) is 0.870. The molecule has 0 aromatic heterocycles. The van der Waals surface area contributed by atoms with E-state index in [0.717, 1.165) is 0 Å². The lowest BCUT2D eigenvalue weighted by molar-refractivity contribution is -0.384.